The minimum absolute atomic E-state index is 0.246. The summed E-state index contributed by atoms with van der Waals surface area (Å²) >= 11 is 3.59. The maximum Gasteiger partial charge on any atom is 0.410 e. The number of rotatable bonds is 4. The quantitative estimate of drug-likeness (QED) is 0.671. The second-order valence-corrected chi connectivity index (χ2v) is 8.42. The first-order valence-electron chi connectivity index (χ1n) is 8.77. The molecule has 26 heavy (non-hydrogen) atoms. The molecule has 1 aliphatic heterocycles. The highest BCUT2D eigenvalue weighted by atomic mass is 79.9. The van der Waals surface area contributed by atoms with Crippen LogP contribution in [0, 0.1) is 5.92 Å². The molecule has 0 saturated carbocycles. The second-order valence-electron chi connectivity index (χ2n) is 7.57. The molecule has 0 N–H and O–H groups in total. The van der Waals surface area contributed by atoms with Gasteiger partial charge in [-0.2, -0.15) is 0 Å². The van der Waals surface area contributed by atoms with Gasteiger partial charge in [0.25, 0.3) is 0 Å². The van der Waals surface area contributed by atoms with E-state index in [1.165, 1.54) is 0 Å². The van der Waals surface area contributed by atoms with Crippen molar-refractivity contribution in [3.8, 4) is 16.9 Å². The highest BCUT2D eigenvalue weighted by molar-refractivity contribution is 9.10. The Balaban J connectivity index is 1.52. The molecule has 3 rings (SSSR count). The van der Waals surface area contributed by atoms with Crippen molar-refractivity contribution in [3.05, 3.63) is 53.0 Å². The van der Waals surface area contributed by atoms with Crippen LogP contribution in [0.15, 0.2) is 53.0 Å². The Morgan fingerprint density at radius 1 is 1.15 bits per heavy atom. The van der Waals surface area contributed by atoms with Crippen molar-refractivity contribution < 1.29 is 14.3 Å². The summed E-state index contributed by atoms with van der Waals surface area (Å²) in [5, 5.41) is 0. The molecular weight excluding hydrogens is 394 g/mol. The topological polar surface area (TPSA) is 38.8 Å². The Morgan fingerprint density at radius 3 is 2.58 bits per heavy atom. The second kappa shape index (κ2) is 7.70. The van der Waals surface area contributed by atoms with Crippen molar-refractivity contribution in [2.75, 3.05) is 19.7 Å². The minimum Gasteiger partial charge on any atom is -0.493 e. The number of ether oxygens (including phenoxy) is 2. The monoisotopic (exact) mass is 417 g/mol. The average Bonchev–Trinajstić information content (AvgIpc) is 2.52. The highest BCUT2D eigenvalue weighted by Crippen LogP contribution is 2.30. The number of likely N-dealkylation sites (tertiary alicyclic amines) is 1. The molecule has 0 radical (unpaired) electrons. The molecule has 1 fully saturated rings. The molecule has 1 amide bonds. The van der Waals surface area contributed by atoms with Gasteiger partial charge in [-0.15, -0.1) is 0 Å². The van der Waals surface area contributed by atoms with E-state index in [1.807, 2.05) is 57.2 Å². The van der Waals surface area contributed by atoms with E-state index in [-0.39, 0.29) is 6.09 Å². The normalized spacial score (nSPS) is 14.7. The van der Waals surface area contributed by atoms with Crippen molar-refractivity contribution in [1.29, 1.82) is 0 Å². The van der Waals surface area contributed by atoms with Crippen molar-refractivity contribution >= 4 is 22.0 Å². The number of carbonyl (C=O) groups excluding carboxylic acids is 1. The summed E-state index contributed by atoms with van der Waals surface area (Å²) in [4.78, 5) is 13.7. The highest BCUT2D eigenvalue weighted by Gasteiger charge is 2.34. The van der Waals surface area contributed by atoms with Gasteiger partial charge in [-0.1, -0.05) is 46.3 Å². The molecule has 0 atom stereocenters. The molecule has 0 spiro atoms. The van der Waals surface area contributed by atoms with Gasteiger partial charge in [0, 0.05) is 23.5 Å². The fourth-order valence-electron chi connectivity index (χ4n) is 2.81. The molecule has 1 saturated heterocycles. The number of hydrogen-bond acceptors (Lipinski definition) is 3. The molecule has 2 aromatic carbocycles. The zero-order valence-electron chi connectivity index (χ0n) is 15.4. The summed E-state index contributed by atoms with van der Waals surface area (Å²) < 4.78 is 12.4. The van der Waals surface area contributed by atoms with Crippen LogP contribution in [0.4, 0.5) is 4.79 Å². The smallest absolute Gasteiger partial charge is 0.410 e. The molecule has 5 heteroatoms. The number of amides is 1. The number of carbonyl (C=O) groups is 1. The third-order valence-corrected chi connectivity index (χ3v) is 4.80. The molecule has 0 unspecified atom stereocenters. The third kappa shape index (κ3) is 4.79. The first-order valence-corrected chi connectivity index (χ1v) is 9.57. The maximum absolute atomic E-state index is 12.0. The van der Waals surface area contributed by atoms with Crippen LogP contribution in [-0.2, 0) is 4.74 Å². The van der Waals surface area contributed by atoms with Crippen LogP contribution in [0.2, 0.25) is 0 Å². The SMILES string of the molecule is CC(C)(C)OC(=O)N1CC(COc2cccc(-c3ccccc3Br)c2)C1. The van der Waals surface area contributed by atoms with Crippen LogP contribution < -0.4 is 4.74 Å². The summed E-state index contributed by atoms with van der Waals surface area (Å²) in [5.74, 6) is 1.18. The number of hydrogen-bond donors (Lipinski definition) is 0. The summed E-state index contributed by atoms with van der Waals surface area (Å²) in [6.07, 6.45) is -0.246. The number of halogens is 1. The van der Waals surface area contributed by atoms with E-state index in [0.717, 1.165) is 21.3 Å². The predicted octanol–water partition coefficient (Wildman–Crippen LogP) is 5.36. The van der Waals surface area contributed by atoms with Crippen LogP contribution in [0.3, 0.4) is 0 Å². The van der Waals surface area contributed by atoms with E-state index in [2.05, 4.69) is 28.1 Å². The fourth-order valence-corrected chi connectivity index (χ4v) is 3.33. The Bertz CT molecular complexity index is 779. The lowest BCUT2D eigenvalue weighted by Crippen LogP contribution is -2.53. The number of benzene rings is 2. The summed E-state index contributed by atoms with van der Waals surface area (Å²) in [6, 6.07) is 16.2. The van der Waals surface area contributed by atoms with Crippen LogP contribution in [0.5, 0.6) is 5.75 Å². The summed E-state index contributed by atoms with van der Waals surface area (Å²) in [7, 11) is 0. The van der Waals surface area contributed by atoms with Crippen LogP contribution in [-0.4, -0.2) is 36.3 Å². The molecule has 0 bridgehead atoms. The van der Waals surface area contributed by atoms with Gasteiger partial charge in [-0.3, -0.25) is 0 Å². The van der Waals surface area contributed by atoms with E-state index in [4.69, 9.17) is 9.47 Å². The summed E-state index contributed by atoms with van der Waals surface area (Å²) in [6.45, 7) is 7.59. The van der Waals surface area contributed by atoms with Gasteiger partial charge in [0.15, 0.2) is 0 Å². The van der Waals surface area contributed by atoms with Crippen LogP contribution >= 0.6 is 15.9 Å². The van der Waals surface area contributed by atoms with Crippen molar-refractivity contribution in [3.63, 3.8) is 0 Å². The third-order valence-electron chi connectivity index (χ3n) is 4.11. The van der Waals surface area contributed by atoms with Crippen LogP contribution in [0.1, 0.15) is 20.8 Å². The maximum atomic E-state index is 12.0. The number of nitrogens with zero attached hydrogens (tertiary/aromatic N) is 1. The molecule has 138 valence electrons. The fraction of sp³-hybridized carbons (Fsp3) is 0.381. The Labute approximate surface area is 163 Å². The van der Waals surface area contributed by atoms with Gasteiger partial charge < -0.3 is 14.4 Å². The van der Waals surface area contributed by atoms with Crippen LogP contribution in [0.25, 0.3) is 11.1 Å². The standard InChI is InChI=1S/C21H24BrNO3/c1-21(2,3)26-20(24)23-12-15(13-23)14-25-17-8-6-7-16(11-17)18-9-4-5-10-19(18)22/h4-11,15H,12-14H2,1-3H3. The van der Waals surface area contributed by atoms with Gasteiger partial charge >= 0.3 is 6.09 Å². The Kier molecular flexibility index (Phi) is 5.56. The van der Waals surface area contributed by atoms with Crippen molar-refractivity contribution in [1.82, 2.24) is 4.90 Å². The van der Waals surface area contributed by atoms with Gasteiger partial charge in [0.05, 0.1) is 6.61 Å². The first kappa shape index (κ1) is 18.8. The van der Waals surface area contributed by atoms with E-state index >= 15 is 0 Å². The van der Waals surface area contributed by atoms with Gasteiger partial charge in [0.1, 0.15) is 11.4 Å². The van der Waals surface area contributed by atoms with E-state index in [9.17, 15) is 4.79 Å². The molecular formula is C21H24BrNO3. The van der Waals surface area contributed by atoms with Crippen molar-refractivity contribution in [2.45, 2.75) is 26.4 Å². The largest absolute Gasteiger partial charge is 0.493 e. The van der Waals surface area contributed by atoms with Gasteiger partial charge in [0.2, 0.25) is 0 Å². The van der Waals surface area contributed by atoms with E-state index in [0.29, 0.717) is 25.6 Å². The predicted molar refractivity (Wildman–Crippen MR) is 106 cm³/mol. The lowest BCUT2D eigenvalue weighted by Gasteiger charge is -2.39. The molecule has 2 aromatic rings. The lowest BCUT2D eigenvalue weighted by molar-refractivity contribution is -0.00780. The Hall–Kier alpha value is -2.01. The zero-order chi connectivity index (χ0) is 18.7. The van der Waals surface area contributed by atoms with Crippen molar-refractivity contribution in [2.24, 2.45) is 5.92 Å². The minimum atomic E-state index is -0.454. The van der Waals surface area contributed by atoms with Gasteiger partial charge in [-0.05, 0) is 50.1 Å². The molecule has 0 aliphatic carbocycles. The Morgan fingerprint density at radius 2 is 1.88 bits per heavy atom. The van der Waals surface area contributed by atoms with E-state index in [1.54, 1.807) is 4.90 Å². The van der Waals surface area contributed by atoms with E-state index < -0.39 is 5.60 Å². The lowest BCUT2D eigenvalue weighted by atomic mass is 10.0. The summed E-state index contributed by atoms with van der Waals surface area (Å²) in [5.41, 5.74) is 1.79. The average molecular weight is 418 g/mol. The first-order chi connectivity index (χ1) is 12.3. The molecule has 0 aromatic heterocycles. The zero-order valence-corrected chi connectivity index (χ0v) is 17.0. The molecule has 1 heterocycles. The molecule has 4 nitrogen and oxygen atoms in total. The van der Waals surface area contributed by atoms with Gasteiger partial charge in [-0.25, -0.2) is 4.79 Å². The molecule has 1 aliphatic rings.